The van der Waals surface area contributed by atoms with Crippen LogP contribution in [-0.2, 0) is 0 Å². The average Bonchev–Trinajstić information content (AvgIpc) is 2.45. The SMILES string of the molecule is CC(C)C1=C(N2CC(S)C2)SCC1. The molecule has 0 spiro atoms. The first kappa shape index (κ1) is 9.78. The molecule has 0 N–H and O–H groups in total. The van der Waals surface area contributed by atoms with Gasteiger partial charge in [0.1, 0.15) is 0 Å². The summed E-state index contributed by atoms with van der Waals surface area (Å²) in [6.45, 7) is 6.92. The third-order valence-electron chi connectivity index (χ3n) is 2.73. The van der Waals surface area contributed by atoms with Gasteiger partial charge in [-0.2, -0.15) is 12.6 Å². The number of likely N-dealkylation sites (tertiary alicyclic amines) is 1. The zero-order valence-corrected chi connectivity index (χ0v) is 10.00. The fourth-order valence-corrected chi connectivity index (χ4v) is 3.67. The first-order chi connectivity index (χ1) is 6.18. The highest BCUT2D eigenvalue weighted by Crippen LogP contribution is 2.40. The molecule has 2 aliphatic heterocycles. The van der Waals surface area contributed by atoms with Crippen LogP contribution in [0.4, 0.5) is 0 Å². The quantitative estimate of drug-likeness (QED) is 0.705. The van der Waals surface area contributed by atoms with Gasteiger partial charge in [-0.05, 0) is 17.9 Å². The van der Waals surface area contributed by atoms with Gasteiger partial charge in [0, 0.05) is 24.1 Å². The van der Waals surface area contributed by atoms with Crippen molar-refractivity contribution in [3.63, 3.8) is 0 Å². The van der Waals surface area contributed by atoms with Crippen molar-refractivity contribution in [3.05, 3.63) is 10.6 Å². The van der Waals surface area contributed by atoms with E-state index in [9.17, 15) is 0 Å². The molecule has 0 amide bonds. The Morgan fingerprint density at radius 2 is 2.15 bits per heavy atom. The van der Waals surface area contributed by atoms with E-state index in [1.54, 1.807) is 10.6 Å². The molecule has 0 bridgehead atoms. The average molecular weight is 215 g/mol. The molecule has 0 radical (unpaired) electrons. The van der Waals surface area contributed by atoms with Gasteiger partial charge >= 0.3 is 0 Å². The van der Waals surface area contributed by atoms with Crippen molar-refractivity contribution in [1.29, 1.82) is 0 Å². The Morgan fingerprint density at radius 3 is 2.69 bits per heavy atom. The van der Waals surface area contributed by atoms with E-state index in [0.717, 1.165) is 19.0 Å². The molecule has 74 valence electrons. The van der Waals surface area contributed by atoms with E-state index in [-0.39, 0.29) is 0 Å². The summed E-state index contributed by atoms with van der Waals surface area (Å²) in [6.07, 6.45) is 1.30. The highest BCUT2D eigenvalue weighted by atomic mass is 32.2. The number of thioether (sulfide) groups is 1. The predicted octanol–water partition coefficient (Wildman–Crippen LogP) is 2.60. The van der Waals surface area contributed by atoms with E-state index in [0.29, 0.717) is 5.25 Å². The Balaban J connectivity index is 2.07. The third-order valence-corrected chi connectivity index (χ3v) is 4.26. The van der Waals surface area contributed by atoms with Crippen molar-refractivity contribution in [1.82, 2.24) is 4.90 Å². The minimum Gasteiger partial charge on any atom is -0.364 e. The van der Waals surface area contributed by atoms with Crippen LogP contribution >= 0.6 is 24.4 Å². The van der Waals surface area contributed by atoms with Gasteiger partial charge in [0.25, 0.3) is 0 Å². The Bertz CT molecular complexity index is 229. The summed E-state index contributed by atoms with van der Waals surface area (Å²) in [5, 5.41) is 2.18. The van der Waals surface area contributed by atoms with Gasteiger partial charge in [-0.25, -0.2) is 0 Å². The first-order valence-corrected chi connectivity index (χ1v) is 6.47. The summed E-state index contributed by atoms with van der Waals surface area (Å²) in [4.78, 5) is 2.49. The van der Waals surface area contributed by atoms with Gasteiger partial charge in [0.2, 0.25) is 0 Å². The lowest BCUT2D eigenvalue weighted by Gasteiger charge is -2.39. The molecule has 0 saturated carbocycles. The summed E-state index contributed by atoms with van der Waals surface area (Å²) in [5.41, 5.74) is 1.67. The van der Waals surface area contributed by atoms with Crippen molar-refractivity contribution in [2.24, 2.45) is 5.92 Å². The van der Waals surface area contributed by atoms with Crippen molar-refractivity contribution >= 4 is 24.4 Å². The molecule has 0 aliphatic carbocycles. The van der Waals surface area contributed by atoms with E-state index >= 15 is 0 Å². The van der Waals surface area contributed by atoms with Crippen LogP contribution < -0.4 is 0 Å². The minimum atomic E-state index is 0.613. The second-order valence-corrected chi connectivity index (χ2v) is 5.96. The summed E-state index contributed by atoms with van der Waals surface area (Å²) >= 11 is 6.48. The topological polar surface area (TPSA) is 3.24 Å². The zero-order valence-electron chi connectivity index (χ0n) is 8.29. The standard InChI is InChI=1S/C10H17NS2/c1-7(2)9-3-4-13-10(9)11-5-8(12)6-11/h7-8,12H,3-6H2,1-2H3. The number of hydrogen-bond acceptors (Lipinski definition) is 3. The van der Waals surface area contributed by atoms with Crippen LogP contribution in [0.1, 0.15) is 20.3 Å². The lowest BCUT2D eigenvalue weighted by molar-refractivity contribution is 0.265. The summed E-state index contributed by atoms with van der Waals surface area (Å²) in [7, 11) is 0. The molecule has 1 fully saturated rings. The molecule has 2 rings (SSSR count). The Hall–Kier alpha value is 0.240. The van der Waals surface area contributed by atoms with Crippen LogP contribution in [0.5, 0.6) is 0 Å². The van der Waals surface area contributed by atoms with E-state index in [2.05, 4.69) is 31.4 Å². The molecule has 0 aromatic heterocycles. The van der Waals surface area contributed by atoms with E-state index < -0.39 is 0 Å². The molecule has 0 atom stereocenters. The summed E-state index contributed by atoms with van der Waals surface area (Å²) < 4.78 is 0. The molecule has 2 aliphatic rings. The minimum absolute atomic E-state index is 0.613. The Morgan fingerprint density at radius 1 is 1.46 bits per heavy atom. The van der Waals surface area contributed by atoms with E-state index in [1.165, 1.54) is 12.2 Å². The van der Waals surface area contributed by atoms with Crippen LogP contribution in [-0.4, -0.2) is 29.0 Å². The molecule has 0 unspecified atom stereocenters. The molecule has 3 heteroatoms. The molecule has 1 nitrogen and oxygen atoms in total. The number of nitrogens with zero attached hydrogens (tertiary/aromatic N) is 1. The van der Waals surface area contributed by atoms with Crippen LogP contribution in [0.2, 0.25) is 0 Å². The Kier molecular flexibility index (Phi) is 2.84. The predicted molar refractivity (Wildman–Crippen MR) is 63.3 cm³/mol. The monoisotopic (exact) mass is 215 g/mol. The molecule has 13 heavy (non-hydrogen) atoms. The molecular formula is C10H17NS2. The van der Waals surface area contributed by atoms with Crippen molar-refractivity contribution in [2.45, 2.75) is 25.5 Å². The lowest BCUT2D eigenvalue weighted by Crippen LogP contribution is -2.46. The molecule has 0 aromatic rings. The van der Waals surface area contributed by atoms with Gasteiger partial charge in [-0.3, -0.25) is 0 Å². The van der Waals surface area contributed by atoms with Gasteiger partial charge in [-0.15, -0.1) is 11.8 Å². The Labute approximate surface area is 90.4 Å². The lowest BCUT2D eigenvalue weighted by atomic mass is 10.0. The van der Waals surface area contributed by atoms with Crippen LogP contribution in [0.3, 0.4) is 0 Å². The number of thiol groups is 1. The highest BCUT2D eigenvalue weighted by molar-refractivity contribution is 8.03. The van der Waals surface area contributed by atoms with Crippen LogP contribution in [0, 0.1) is 5.92 Å². The van der Waals surface area contributed by atoms with Gasteiger partial charge in [0.05, 0.1) is 5.03 Å². The summed E-state index contributed by atoms with van der Waals surface area (Å²) in [5.74, 6) is 2.01. The fourth-order valence-electron chi connectivity index (χ4n) is 1.91. The van der Waals surface area contributed by atoms with Gasteiger partial charge in [-0.1, -0.05) is 13.8 Å². The largest absolute Gasteiger partial charge is 0.364 e. The molecule has 2 heterocycles. The number of hydrogen-bond donors (Lipinski definition) is 1. The fraction of sp³-hybridized carbons (Fsp3) is 0.800. The summed E-state index contributed by atoms with van der Waals surface area (Å²) in [6, 6.07) is 0. The first-order valence-electron chi connectivity index (χ1n) is 4.97. The molecule has 1 saturated heterocycles. The second kappa shape index (κ2) is 3.77. The van der Waals surface area contributed by atoms with E-state index in [4.69, 9.17) is 0 Å². The van der Waals surface area contributed by atoms with Crippen molar-refractivity contribution < 1.29 is 0 Å². The maximum Gasteiger partial charge on any atom is 0.0703 e. The van der Waals surface area contributed by atoms with Gasteiger partial charge < -0.3 is 4.90 Å². The second-order valence-electron chi connectivity index (χ2n) is 4.14. The maximum atomic E-state index is 4.44. The smallest absolute Gasteiger partial charge is 0.0703 e. The normalized spacial score (nSPS) is 24.5. The molecular weight excluding hydrogens is 198 g/mol. The van der Waals surface area contributed by atoms with Crippen molar-refractivity contribution in [2.75, 3.05) is 18.8 Å². The van der Waals surface area contributed by atoms with Gasteiger partial charge in [0.15, 0.2) is 0 Å². The zero-order chi connectivity index (χ0) is 9.42. The third kappa shape index (κ3) is 1.86. The number of rotatable bonds is 2. The van der Waals surface area contributed by atoms with Crippen molar-refractivity contribution in [3.8, 4) is 0 Å². The number of allylic oxidation sites excluding steroid dienone is 1. The van der Waals surface area contributed by atoms with E-state index in [1.807, 2.05) is 11.8 Å². The maximum absolute atomic E-state index is 4.44. The van der Waals surface area contributed by atoms with Crippen LogP contribution in [0.15, 0.2) is 10.6 Å². The molecule has 0 aromatic carbocycles. The van der Waals surface area contributed by atoms with Crippen LogP contribution in [0.25, 0.3) is 0 Å². The highest BCUT2D eigenvalue weighted by Gasteiger charge is 2.30.